The Morgan fingerprint density at radius 2 is 1.78 bits per heavy atom. The number of piperazine rings is 1. The molecule has 3 heterocycles. The van der Waals surface area contributed by atoms with Crippen LogP contribution in [0.1, 0.15) is 16.2 Å². The number of aromatic nitrogens is 2. The minimum atomic E-state index is -0.509. The lowest BCUT2D eigenvalue weighted by Crippen LogP contribution is -2.45. The second kappa shape index (κ2) is 5.72. The molecule has 6 nitrogen and oxygen atoms in total. The predicted octanol–water partition coefficient (Wildman–Crippen LogP) is 1.82. The zero-order valence-electron chi connectivity index (χ0n) is 14.8. The predicted molar refractivity (Wildman–Crippen MR) is 100 cm³/mol. The van der Waals surface area contributed by atoms with Crippen LogP contribution in [0.3, 0.4) is 0 Å². The lowest BCUT2D eigenvalue weighted by atomic mass is 10.1. The van der Waals surface area contributed by atoms with Crippen molar-refractivity contribution in [3.05, 3.63) is 64.0 Å². The van der Waals surface area contributed by atoms with Crippen molar-refractivity contribution in [2.75, 3.05) is 38.1 Å². The average Bonchev–Trinajstić information content (AvgIpc) is 2.94. The van der Waals surface area contributed by atoms with Crippen molar-refractivity contribution < 1.29 is 9.18 Å². The van der Waals surface area contributed by atoms with Gasteiger partial charge in [0.15, 0.2) is 5.82 Å². The minimum absolute atomic E-state index is 0.0450. The molecule has 0 N–H and O–H groups in total. The molecule has 0 unspecified atom stereocenters. The Labute approximate surface area is 154 Å². The number of benzene rings is 2. The first-order valence-corrected chi connectivity index (χ1v) is 8.88. The zero-order chi connectivity index (χ0) is 18.7. The molecule has 2 aliphatic heterocycles. The van der Waals surface area contributed by atoms with Gasteiger partial charge in [-0.2, -0.15) is 0 Å². The Balaban J connectivity index is 1.77. The van der Waals surface area contributed by atoms with Gasteiger partial charge < -0.3 is 9.80 Å². The van der Waals surface area contributed by atoms with Crippen LogP contribution in [0.5, 0.6) is 0 Å². The molecule has 3 aromatic rings. The third-order valence-corrected chi connectivity index (χ3v) is 5.37. The van der Waals surface area contributed by atoms with Crippen LogP contribution >= 0.6 is 0 Å². The van der Waals surface area contributed by atoms with Crippen molar-refractivity contribution in [2.45, 2.75) is 0 Å². The van der Waals surface area contributed by atoms with Crippen molar-refractivity contribution >= 4 is 22.4 Å². The summed E-state index contributed by atoms with van der Waals surface area (Å²) in [5.41, 5.74) is 1.60. The second-order valence-electron chi connectivity index (χ2n) is 7.03. The highest BCUT2D eigenvalue weighted by Crippen LogP contribution is 2.30. The maximum Gasteiger partial charge on any atom is 0.268 e. The molecular formula is C20H17FN4O2. The van der Waals surface area contributed by atoms with E-state index in [2.05, 4.69) is 21.8 Å². The van der Waals surface area contributed by atoms with Crippen molar-refractivity contribution in [2.24, 2.45) is 0 Å². The number of rotatable bonds is 1. The lowest BCUT2D eigenvalue weighted by Gasteiger charge is -2.34. The molecule has 0 spiro atoms. The largest absolute Gasteiger partial charge is 0.368 e. The van der Waals surface area contributed by atoms with E-state index in [0.29, 0.717) is 16.6 Å². The van der Waals surface area contributed by atoms with Gasteiger partial charge in [0.2, 0.25) is 5.78 Å². The fourth-order valence-corrected chi connectivity index (χ4v) is 3.90. The van der Waals surface area contributed by atoms with Crippen LogP contribution in [0.4, 0.5) is 10.1 Å². The van der Waals surface area contributed by atoms with Gasteiger partial charge in [-0.25, -0.2) is 9.37 Å². The number of hydrogen-bond donors (Lipinski definition) is 0. The van der Waals surface area contributed by atoms with Gasteiger partial charge >= 0.3 is 0 Å². The van der Waals surface area contributed by atoms with E-state index >= 15 is 0 Å². The molecule has 1 saturated heterocycles. The van der Waals surface area contributed by atoms with Gasteiger partial charge in [0.1, 0.15) is 5.82 Å². The molecule has 0 aliphatic carbocycles. The summed E-state index contributed by atoms with van der Waals surface area (Å²) in [6.07, 6.45) is 0. The van der Waals surface area contributed by atoms with Crippen LogP contribution in [-0.4, -0.2) is 53.5 Å². The normalized spacial score (nSPS) is 16.7. The summed E-state index contributed by atoms with van der Waals surface area (Å²) in [6, 6.07) is 9.40. The SMILES string of the molecule is CN1CCN(c2cccc3nc4n(c(=O)c23)-c2ccc(F)cc2C4=O)CC1. The summed E-state index contributed by atoms with van der Waals surface area (Å²) < 4.78 is 14.9. The van der Waals surface area contributed by atoms with Gasteiger partial charge in [-0.1, -0.05) is 6.07 Å². The van der Waals surface area contributed by atoms with E-state index in [1.807, 2.05) is 12.1 Å². The number of ketones is 1. The quantitative estimate of drug-likeness (QED) is 0.516. The summed E-state index contributed by atoms with van der Waals surface area (Å²) in [4.78, 5) is 34.9. The van der Waals surface area contributed by atoms with Gasteiger partial charge in [0.25, 0.3) is 5.56 Å². The summed E-state index contributed by atoms with van der Waals surface area (Å²) in [5, 5.41) is 0.496. The van der Waals surface area contributed by atoms with E-state index in [0.717, 1.165) is 37.9 Å². The van der Waals surface area contributed by atoms with Crippen molar-refractivity contribution in [1.82, 2.24) is 14.5 Å². The highest BCUT2D eigenvalue weighted by Gasteiger charge is 2.31. The van der Waals surface area contributed by atoms with Crippen molar-refractivity contribution in [3.8, 4) is 5.69 Å². The standard InChI is InChI=1S/C20H17FN4O2/c1-23-7-9-24(10-8-23)16-4-2-3-14-17(16)20(27)25-15-6-5-12(21)11-13(15)18(26)19(25)22-14/h2-6,11H,7-10H2,1H3. The summed E-state index contributed by atoms with van der Waals surface area (Å²) in [7, 11) is 2.07. The van der Waals surface area contributed by atoms with E-state index in [4.69, 9.17) is 0 Å². The number of halogens is 1. The van der Waals surface area contributed by atoms with E-state index in [9.17, 15) is 14.0 Å². The van der Waals surface area contributed by atoms with E-state index in [1.54, 1.807) is 6.07 Å². The molecule has 0 radical (unpaired) electrons. The Bertz CT molecular complexity index is 1160. The fourth-order valence-electron chi connectivity index (χ4n) is 3.90. The lowest BCUT2D eigenvalue weighted by molar-refractivity contribution is 0.103. The van der Waals surface area contributed by atoms with Crippen LogP contribution < -0.4 is 10.5 Å². The van der Waals surface area contributed by atoms with Crippen molar-refractivity contribution in [1.29, 1.82) is 0 Å². The Morgan fingerprint density at radius 3 is 2.56 bits per heavy atom. The average molecular weight is 364 g/mol. The smallest absolute Gasteiger partial charge is 0.268 e. The number of fused-ring (bicyclic) bond motifs is 4. The summed E-state index contributed by atoms with van der Waals surface area (Å²) in [6.45, 7) is 3.46. The first-order chi connectivity index (χ1) is 13.0. The third kappa shape index (κ3) is 2.31. The van der Waals surface area contributed by atoms with E-state index in [-0.39, 0.29) is 16.9 Å². The maximum atomic E-state index is 13.6. The minimum Gasteiger partial charge on any atom is -0.368 e. The molecule has 2 aromatic carbocycles. The summed E-state index contributed by atoms with van der Waals surface area (Å²) >= 11 is 0. The molecule has 1 fully saturated rings. The number of nitrogens with zero attached hydrogens (tertiary/aromatic N) is 4. The van der Waals surface area contributed by atoms with Crippen LogP contribution in [-0.2, 0) is 0 Å². The van der Waals surface area contributed by atoms with Gasteiger partial charge in [-0.15, -0.1) is 0 Å². The molecule has 136 valence electrons. The third-order valence-electron chi connectivity index (χ3n) is 5.37. The first kappa shape index (κ1) is 16.1. The van der Waals surface area contributed by atoms with Gasteiger partial charge in [0.05, 0.1) is 27.8 Å². The van der Waals surface area contributed by atoms with E-state index < -0.39 is 11.6 Å². The molecule has 5 rings (SSSR count). The monoisotopic (exact) mass is 364 g/mol. The molecule has 0 bridgehead atoms. The number of anilines is 1. The Kier molecular flexibility index (Phi) is 3.42. The molecular weight excluding hydrogens is 347 g/mol. The maximum absolute atomic E-state index is 13.6. The molecule has 2 aliphatic rings. The second-order valence-corrected chi connectivity index (χ2v) is 7.03. The van der Waals surface area contributed by atoms with Crippen LogP contribution in [0.15, 0.2) is 41.2 Å². The Hall–Kier alpha value is -3.06. The van der Waals surface area contributed by atoms with Crippen LogP contribution in [0, 0.1) is 5.82 Å². The molecule has 0 atom stereocenters. The molecule has 7 heteroatoms. The van der Waals surface area contributed by atoms with Gasteiger partial charge in [-0.3, -0.25) is 14.2 Å². The first-order valence-electron chi connectivity index (χ1n) is 8.88. The summed E-state index contributed by atoms with van der Waals surface area (Å²) in [5.74, 6) is -0.886. The molecule has 0 saturated carbocycles. The fraction of sp³-hybridized carbons (Fsp3) is 0.250. The highest BCUT2D eigenvalue weighted by molar-refractivity contribution is 6.13. The number of carbonyl (C=O) groups is 1. The number of likely N-dealkylation sites (N-methyl/N-ethyl adjacent to an activating group) is 1. The topological polar surface area (TPSA) is 58.4 Å². The van der Waals surface area contributed by atoms with Gasteiger partial charge in [0, 0.05) is 26.2 Å². The molecule has 1 aromatic heterocycles. The van der Waals surface area contributed by atoms with Crippen LogP contribution in [0.2, 0.25) is 0 Å². The number of hydrogen-bond acceptors (Lipinski definition) is 5. The highest BCUT2D eigenvalue weighted by atomic mass is 19.1. The Morgan fingerprint density at radius 1 is 1.00 bits per heavy atom. The van der Waals surface area contributed by atoms with Crippen molar-refractivity contribution in [3.63, 3.8) is 0 Å². The molecule has 0 amide bonds. The van der Waals surface area contributed by atoms with Crippen LogP contribution in [0.25, 0.3) is 16.6 Å². The van der Waals surface area contributed by atoms with Gasteiger partial charge in [-0.05, 0) is 37.4 Å². The van der Waals surface area contributed by atoms with E-state index in [1.165, 1.54) is 16.7 Å². The number of carbonyl (C=O) groups excluding carboxylic acids is 1. The zero-order valence-corrected chi connectivity index (χ0v) is 14.8. The molecule has 27 heavy (non-hydrogen) atoms.